The molecule has 0 bridgehead atoms. The predicted molar refractivity (Wildman–Crippen MR) is 248 cm³/mol. The van der Waals surface area contributed by atoms with Crippen molar-refractivity contribution in [2.24, 2.45) is 7.05 Å². The van der Waals surface area contributed by atoms with Crippen molar-refractivity contribution in [2.75, 3.05) is 0 Å². The summed E-state index contributed by atoms with van der Waals surface area (Å²) < 4.78 is 17.9. The Balaban J connectivity index is 0.00000421. The quantitative estimate of drug-likeness (QED) is 0.123. The predicted octanol–water partition coefficient (Wildman–Crippen LogP) is 12.3. The Morgan fingerprint density at radius 3 is 1.76 bits per heavy atom. The molecule has 0 spiro atoms. The number of hydrogen-bond acceptors (Lipinski definition) is 2. The van der Waals surface area contributed by atoms with Gasteiger partial charge in [-0.15, -0.1) is 24.3 Å². The molecule has 0 aliphatic carbocycles. The van der Waals surface area contributed by atoms with E-state index in [4.69, 9.17) is 9.72 Å². The van der Waals surface area contributed by atoms with Crippen LogP contribution >= 0.6 is 0 Å². The zero-order valence-electron chi connectivity index (χ0n) is 33.8. The van der Waals surface area contributed by atoms with Crippen LogP contribution < -0.4 is 9.30 Å². The van der Waals surface area contributed by atoms with Crippen LogP contribution in [0, 0.1) is 18.5 Å². The molecule has 0 N–H and O–H groups in total. The molecule has 7 nitrogen and oxygen atoms in total. The number of rotatable bonds is 6. The molecule has 0 radical (unpaired) electrons. The van der Waals surface area contributed by atoms with Crippen LogP contribution in [-0.4, -0.2) is 23.3 Å². The van der Waals surface area contributed by atoms with E-state index in [1.165, 1.54) is 21.5 Å². The van der Waals surface area contributed by atoms with Gasteiger partial charge in [0.1, 0.15) is 5.82 Å². The molecule has 13 aromatic rings. The van der Waals surface area contributed by atoms with Gasteiger partial charge < -0.3 is 27.6 Å². The molecule has 13 rings (SSSR count). The molecule has 0 unspecified atom stereocenters. The van der Waals surface area contributed by atoms with E-state index in [0.29, 0.717) is 11.5 Å². The van der Waals surface area contributed by atoms with E-state index in [2.05, 4.69) is 166 Å². The monoisotopic (exact) mass is 989 g/mol. The molecular formula is C55H34N6OPt-2. The molecule has 8 aromatic carbocycles. The minimum Gasteiger partial charge on any atom is -0.510 e. The van der Waals surface area contributed by atoms with E-state index in [0.717, 1.165) is 77.8 Å². The number of hydrogen-bond donors (Lipinski definition) is 0. The Bertz CT molecular complexity index is 3900. The van der Waals surface area contributed by atoms with Gasteiger partial charge >= 0.3 is 0 Å². The van der Waals surface area contributed by atoms with Crippen LogP contribution in [0.3, 0.4) is 0 Å². The average Bonchev–Trinajstić information content (AvgIpc) is 4.06. The van der Waals surface area contributed by atoms with Crippen molar-refractivity contribution in [3.8, 4) is 34.4 Å². The van der Waals surface area contributed by atoms with Gasteiger partial charge in [0, 0.05) is 71.7 Å². The third-order valence-corrected chi connectivity index (χ3v) is 12.2. The number of pyridine rings is 1. The summed E-state index contributed by atoms with van der Waals surface area (Å²) in [4.78, 5) is 5.05. The van der Waals surface area contributed by atoms with Crippen molar-refractivity contribution in [1.29, 1.82) is 0 Å². The minimum atomic E-state index is 0. The molecule has 5 heterocycles. The number of fused-ring (bicyclic) bond motifs is 13. The average molecular weight is 990 g/mol. The molecule has 0 saturated carbocycles. The van der Waals surface area contributed by atoms with Crippen LogP contribution in [0.1, 0.15) is 0 Å². The van der Waals surface area contributed by atoms with Gasteiger partial charge in [-0.2, -0.15) is 18.2 Å². The van der Waals surface area contributed by atoms with Crippen LogP contribution in [-0.2, 0) is 28.1 Å². The molecule has 0 amide bonds. The topological polar surface area (TPSA) is 45.7 Å². The Hall–Kier alpha value is -7.73. The van der Waals surface area contributed by atoms with Crippen molar-refractivity contribution >= 4 is 76.5 Å². The second kappa shape index (κ2) is 14.4. The van der Waals surface area contributed by atoms with E-state index in [1.807, 2.05) is 70.9 Å². The summed E-state index contributed by atoms with van der Waals surface area (Å²) in [6.07, 6.45) is 5.29. The smallest absolute Gasteiger partial charge is 0.242 e. The summed E-state index contributed by atoms with van der Waals surface area (Å²) in [6.45, 7) is 0. The Labute approximate surface area is 376 Å². The number of aromatic nitrogens is 6. The Kier molecular flexibility index (Phi) is 8.50. The van der Waals surface area contributed by atoms with Crippen molar-refractivity contribution in [3.05, 3.63) is 207 Å². The number of para-hydroxylation sites is 6. The summed E-state index contributed by atoms with van der Waals surface area (Å²) >= 11 is 0. The molecule has 0 atom stereocenters. The first-order chi connectivity index (χ1) is 30.7. The fraction of sp³-hybridized carbons (Fsp3) is 0.0182. The van der Waals surface area contributed by atoms with Gasteiger partial charge in [-0.25, -0.2) is 4.98 Å². The molecule has 63 heavy (non-hydrogen) atoms. The summed E-state index contributed by atoms with van der Waals surface area (Å²) in [6, 6.07) is 70.8. The molecule has 0 aliphatic rings. The maximum absolute atomic E-state index is 6.72. The van der Waals surface area contributed by atoms with E-state index in [1.54, 1.807) is 0 Å². The number of benzene rings is 8. The van der Waals surface area contributed by atoms with Gasteiger partial charge in [0.2, 0.25) is 6.33 Å². The third-order valence-electron chi connectivity index (χ3n) is 12.2. The molecule has 8 heteroatoms. The first-order valence-corrected chi connectivity index (χ1v) is 20.7. The second-order valence-corrected chi connectivity index (χ2v) is 15.6. The minimum absolute atomic E-state index is 0. The zero-order chi connectivity index (χ0) is 40.9. The van der Waals surface area contributed by atoms with E-state index in [9.17, 15) is 0 Å². The van der Waals surface area contributed by atoms with Crippen LogP contribution in [0.25, 0.3) is 99.3 Å². The van der Waals surface area contributed by atoms with Gasteiger partial charge in [-0.05, 0) is 53.9 Å². The molecule has 0 saturated heterocycles. The van der Waals surface area contributed by atoms with Gasteiger partial charge in [0.25, 0.3) is 0 Å². The summed E-state index contributed by atoms with van der Waals surface area (Å²) in [5.41, 5.74) is 11.5. The van der Waals surface area contributed by atoms with Crippen LogP contribution in [0.15, 0.2) is 188 Å². The standard InChI is InChI=1S/C55H34N6O.Pt/c1-57-35-58(47-28-13-12-27-46(47)57)38-21-16-22-39(33-38)62-40-30-31-43-48(34-40)61(49-29-14-15-32-56-49)55-52(43)53-50(41-23-8-10-25-44(41)59(53)36-17-4-2-5-18-36)51-42-24-9-11-26-45(42)60(54(51)55)37-19-6-3-7-20-37;/h2-32H,1H3;/q-2;. The fourth-order valence-corrected chi connectivity index (χ4v) is 9.69. The van der Waals surface area contributed by atoms with Crippen LogP contribution in [0.2, 0.25) is 0 Å². The largest absolute Gasteiger partial charge is 0.510 e. The maximum Gasteiger partial charge on any atom is 0.242 e. The third kappa shape index (κ3) is 5.49. The van der Waals surface area contributed by atoms with E-state index in [-0.39, 0.29) is 21.1 Å². The summed E-state index contributed by atoms with van der Waals surface area (Å²) in [7, 11) is 2.00. The summed E-state index contributed by atoms with van der Waals surface area (Å²) in [5.74, 6) is 1.92. The molecule has 302 valence electrons. The fourth-order valence-electron chi connectivity index (χ4n) is 9.69. The molecular weight excluding hydrogens is 956 g/mol. The van der Waals surface area contributed by atoms with Gasteiger partial charge in [0.05, 0.1) is 45.7 Å². The Morgan fingerprint density at radius 2 is 1.06 bits per heavy atom. The van der Waals surface area contributed by atoms with E-state index < -0.39 is 0 Å². The van der Waals surface area contributed by atoms with Gasteiger partial charge in [-0.3, -0.25) is 0 Å². The van der Waals surface area contributed by atoms with Gasteiger partial charge in [-0.1, -0.05) is 120 Å². The number of nitrogens with zero attached hydrogens (tertiary/aromatic N) is 6. The van der Waals surface area contributed by atoms with Crippen LogP contribution in [0.5, 0.6) is 11.5 Å². The number of aryl methyl sites for hydroxylation is 1. The van der Waals surface area contributed by atoms with Crippen molar-refractivity contribution < 1.29 is 30.4 Å². The van der Waals surface area contributed by atoms with Crippen molar-refractivity contribution in [3.63, 3.8) is 0 Å². The number of imidazole rings is 1. The normalized spacial score (nSPS) is 11.8. The van der Waals surface area contributed by atoms with Crippen molar-refractivity contribution in [1.82, 2.24) is 23.3 Å². The SMILES string of the molecule is Cn1[c-][n+](-c2[c-]c(Oc3[c-]c4c(cc3)c3c(c5c(c6ccccc6n5-c5ccccc5)c5c6ccccc6n(-c6ccccc6)c53)n4-c3ccccn3)ccc2)c2ccccc21.[Pt]. The molecule has 0 aliphatic heterocycles. The summed E-state index contributed by atoms with van der Waals surface area (Å²) in [5, 5.41) is 6.89. The molecule has 5 aromatic heterocycles. The zero-order valence-corrected chi connectivity index (χ0v) is 36.1. The van der Waals surface area contributed by atoms with Gasteiger partial charge in [0.15, 0.2) is 0 Å². The van der Waals surface area contributed by atoms with E-state index >= 15 is 0 Å². The van der Waals surface area contributed by atoms with Crippen molar-refractivity contribution in [2.45, 2.75) is 0 Å². The van der Waals surface area contributed by atoms with Crippen LogP contribution in [0.4, 0.5) is 0 Å². The second-order valence-electron chi connectivity index (χ2n) is 15.6. The first kappa shape index (κ1) is 37.1. The maximum atomic E-state index is 6.72. The first-order valence-electron chi connectivity index (χ1n) is 20.7. The number of ether oxygens (including phenoxy) is 1. The Morgan fingerprint density at radius 1 is 0.476 bits per heavy atom. The molecule has 0 fully saturated rings.